The summed E-state index contributed by atoms with van der Waals surface area (Å²) in [5.74, 6) is 1.73. The molecule has 0 unspecified atom stereocenters. The number of hydrazine groups is 2. The molecule has 0 spiro atoms. The molecule has 0 saturated carbocycles. The quantitative estimate of drug-likeness (QED) is 0.164. The van der Waals surface area contributed by atoms with Gasteiger partial charge in [-0.1, -0.05) is 61.9 Å². The number of hydrazone groups is 1. The standard InChI is InChI=1S/C27H33N9O/c1-2-5-24-23(27(29-15-14-28-16-17-37)36-25(31-24)12-13-30-36)18-19-8-10-20(11-9-19)21-6-3-4-7-22(21)26-32-34-35-33-26/h3-4,6-13,28-29,34-35,37H,2,5,14-18H2,1H3,(H,32,33). The van der Waals surface area contributed by atoms with Gasteiger partial charge in [0.25, 0.3) is 0 Å². The molecule has 10 nitrogen and oxygen atoms in total. The van der Waals surface area contributed by atoms with Crippen molar-refractivity contribution in [2.45, 2.75) is 26.2 Å². The van der Waals surface area contributed by atoms with Crippen molar-refractivity contribution in [2.24, 2.45) is 5.10 Å². The van der Waals surface area contributed by atoms with Gasteiger partial charge in [0.1, 0.15) is 5.82 Å². The predicted molar refractivity (Wildman–Crippen MR) is 146 cm³/mol. The van der Waals surface area contributed by atoms with E-state index in [1.807, 2.05) is 22.7 Å². The van der Waals surface area contributed by atoms with Gasteiger partial charge in [0.2, 0.25) is 0 Å². The third-order valence-corrected chi connectivity index (χ3v) is 6.32. The molecule has 0 saturated heterocycles. The molecule has 0 bridgehead atoms. The molecule has 3 heterocycles. The molecule has 37 heavy (non-hydrogen) atoms. The molecular weight excluding hydrogens is 466 g/mol. The lowest BCUT2D eigenvalue weighted by molar-refractivity contribution is 0.293. The second-order valence-corrected chi connectivity index (χ2v) is 8.88. The zero-order valence-corrected chi connectivity index (χ0v) is 21.0. The van der Waals surface area contributed by atoms with E-state index < -0.39 is 0 Å². The minimum Gasteiger partial charge on any atom is -0.395 e. The van der Waals surface area contributed by atoms with Crippen molar-refractivity contribution >= 4 is 17.3 Å². The first-order chi connectivity index (χ1) is 18.3. The van der Waals surface area contributed by atoms with Crippen LogP contribution in [-0.2, 0) is 12.8 Å². The number of rotatable bonds is 12. The molecule has 0 radical (unpaired) electrons. The van der Waals surface area contributed by atoms with Crippen LogP contribution in [0.25, 0.3) is 16.8 Å². The molecule has 0 atom stereocenters. The molecule has 5 rings (SSSR count). The molecule has 1 aliphatic rings. The minimum atomic E-state index is 0.128. The Bertz CT molecular complexity index is 1360. The van der Waals surface area contributed by atoms with Crippen LogP contribution >= 0.6 is 0 Å². The van der Waals surface area contributed by atoms with Gasteiger partial charge in [-0.15, -0.1) is 10.6 Å². The van der Waals surface area contributed by atoms with E-state index in [4.69, 9.17) is 10.1 Å². The number of nitrogens with one attached hydrogen (secondary N) is 5. The maximum atomic E-state index is 9.04. The van der Waals surface area contributed by atoms with E-state index in [-0.39, 0.29) is 6.61 Å². The van der Waals surface area contributed by atoms with Gasteiger partial charge in [0.15, 0.2) is 11.5 Å². The number of amidine groups is 1. The highest BCUT2D eigenvalue weighted by Gasteiger charge is 2.17. The fourth-order valence-electron chi connectivity index (χ4n) is 4.58. The van der Waals surface area contributed by atoms with Crippen LogP contribution in [0.2, 0.25) is 0 Å². The SMILES string of the molecule is CCCc1nc2ccnn2c(NCCNCCO)c1Cc1ccc(-c2ccccc2C2=NNNN2)cc1. The van der Waals surface area contributed by atoms with Crippen LogP contribution in [-0.4, -0.2) is 51.8 Å². The van der Waals surface area contributed by atoms with E-state index in [2.05, 4.69) is 80.7 Å². The summed E-state index contributed by atoms with van der Waals surface area (Å²) < 4.78 is 1.89. The number of aliphatic hydroxyl groups excluding tert-OH is 1. The summed E-state index contributed by atoms with van der Waals surface area (Å²) in [6.07, 6.45) is 4.45. The average molecular weight is 500 g/mol. The fraction of sp³-hybridized carbons (Fsp3) is 0.296. The maximum absolute atomic E-state index is 9.04. The van der Waals surface area contributed by atoms with E-state index in [1.54, 1.807) is 6.20 Å². The summed E-state index contributed by atoms with van der Waals surface area (Å²) in [5, 5.41) is 24.7. The Kier molecular flexibility index (Phi) is 7.90. The maximum Gasteiger partial charge on any atom is 0.171 e. The van der Waals surface area contributed by atoms with Crippen molar-refractivity contribution in [3.63, 3.8) is 0 Å². The van der Waals surface area contributed by atoms with Crippen molar-refractivity contribution in [3.05, 3.63) is 83.2 Å². The smallest absolute Gasteiger partial charge is 0.171 e. The van der Waals surface area contributed by atoms with Crippen molar-refractivity contribution in [1.82, 2.24) is 36.4 Å². The Labute approximate surface area is 216 Å². The summed E-state index contributed by atoms with van der Waals surface area (Å²) in [6.45, 7) is 4.35. The van der Waals surface area contributed by atoms with Crippen LogP contribution in [0.3, 0.4) is 0 Å². The van der Waals surface area contributed by atoms with Crippen LogP contribution in [0.4, 0.5) is 5.82 Å². The molecule has 2 aromatic carbocycles. The van der Waals surface area contributed by atoms with Gasteiger partial charge < -0.3 is 15.7 Å². The normalized spacial score (nSPS) is 12.9. The van der Waals surface area contributed by atoms with Gasteiger partial charge in [0, 0.05) is 43.2 Å². The number of hydrogen-bond donors (Lipinski definition) is 6. The molecule has 1 aliphatic heterocycles. The van der Waals surface area contributed by atoms with Gasteiger partial charge in [-0.05, 0) is 23.1 Å². The van der Waals surface area contributed by atoms with Crippen LogP contribution in [0, 0.1) is 0 Å². The lowest BCUT2D eigenvalue weighted by Crippen LogP contribution is -2.35. The summed E-state index contributed by atoms with van der Waals surface area (Å²) in [5.41, 5.74) is 16.1. The summed E-state index contributed by atoms with van der Waals surface area (Å²) in [4.78, 5) is 4.94. The van der Waals surface area contributed by atoms with Crippen LogP contribution in [0.15, 0.2) is 65.9 Å². The molecule has 4 aromatic rings. The van der Waals surface area contributed by atoms with E-state index in [0.29, 0.717) is 6.54 Å². The van der Waals surface area contributed by atoms with Crippen molar-refractivity contribution in [3.8, 4) is 11.1 Å². The second-order valence-electron chi connectivity index (χ2n) is 8.88. The molecule has 2 aromatic heterocycles. The highest BCUT2D eigenvalue weighted by atomic mass is 16.3. The Balaban J connectivity index is 1.44. The zero-order valence-electron chi connectivity index (χ0n) is 21.0. The summed E-state index contributed by atoms with van der Waals surface area (Å²) in [6, 6.07) is 18.8. The van der Waals surface area contributed by atoms with Crippen molar-refractivity contribution in [1.29, 1.82) is 0 Å². The van der Waals surface area contributed by atoms with Gasteiger partial charge >= 0.3 is 0 Å². The number of nitrogens with zero attached hydrogens (tertiary/aromatic N) is 4. The largest absolute Gasteiger partial charge is 0.395 e. The number of hydrogen-bond acceptors (Lipinski definition) is 9. The first-order valence-electron chi connectivity index (χ1n) is 12.7. The van der Waals surface area contributed by atoms with Crippen LogP contribution < -0.4 is 27.1 Å². The second kappa shape index (κ2) is 11.8. The van der Waals surface area contributed by atoms with Crippen molar-refractivity contribution in [2.75, 3.05) is 31.6 Å². The minimum absolute atomic E-state index is 0.128. The third kappa shape index (κ3) is 5.56. The highest BCUT2D eigenvalue weighted by molar-refractivity contribution is 6.04. The number of benzene rings is 2. The number of aryl methyl sites for hydroxylation is 1. The highest BCUT2D eigenvalue weighted by Crippen LogP contribution is 2.28. The average Bonchev–Trinajstić information content (AvgIpc) is 3.63. The Morgan fingerprint density at radius 3 is 2.57 bits per heavy atom. The molecule has 10 heteroatoms. The molecule has 0 amide bonds. The molecular formula is C27H33N9O. The Morgan fingerprint density at radius 1 is 0.973 bits per heavy atom. The fourth-order valence-corrected chi connectivity index (χ4v) is 4.58. The predicted octanol–water partition coefficient (Wildman–Crippen LogP) is 2.21. The molecule has 192 valence electrons. The van der Waals surface area contributed by atoms with Crippen molar-refractivity contribution < 1.29 is 5.11 Å². The number of anilines is 1. The van der Waals surface area contributed by atoms with E-state index >= 15 is 0 Å². The van der Waals surface area contributed by atoms with Crippen LogP contribution in [0.5, 0.6) is 0 Å². The zero-order chi connectivity index (χ0) is 25.5. The third-order valence-electron chi connectivity index (χ3n) is 6.32. The number of fused-ring (bicyclic) bond motifs is 1. The summed E-state index contributed by atoms with van der Waals surface area (Å²) >= 11 is 0. The van der Waals surface area contributed by atoms with Gasteiger partial charge in [-0.2, -0.15) is 9.61 Å². The number of aliphatic hydroxyl groups is 1. The van der Waals surface area contributed by atoms with Gasteiger partial charge in [0.05, 0.1) is 18.5 Å². The lowest BCUT2D eigenvalue weighted by atomic mass is 9.96. The Hall–Kier alpha value is -3.99. The Morgan fingerprint density at radius 2 is 1.81 bits per heavy atom. The van der Waals surface area contributed by atoms with E-state index in [9.17, 15) is 0 Å². The monoisotopic (exact) mass is 499 g/mol. The first kappa shape index (κ1) is 24.7. The lowest BCUT2D eigenvalue weighted by Gasteiger charge is -2.18. The topological polar surface area (TPSA) is 123 Å². The first-order valence-corrected chi connectivity index (χ1v) is 12.7. The van der Waals surface area contributed by atoms with Crippen LogP contribution in [0.1, 0.15) is 35.7 Å². The molecule has 0 fully saturated rings. The van der Waals surface area contributed by atoms with Gasteiger partial charge in [-0.25, -0.2) is 10.5 Å². The number of aromatic nitrogens is 3. The van der Waals surface area contributed by atoms with E-state index in [0.717, 1.165) is 77.6 Å². The molecule has 6 N–H and O–H groups in total. The summed E-state index contributed by atoms with van der Waals surface area (Å²) in [7, 11) is 0. The molecule has 0 aliphatic carbocycles. The van der Waals surface area contributed by atoms with E-state index in [1.165, 1.54) is 5.56 Å². The van der Waals surface area contributed by atoms with Gasteiger partial charge in [-0.3, -0.25) is 5.43 Å².